The summed E-state index contributed by atoms with van der Waals surface area (Å²) < 4.78 is 0. The van der Waals surface area contributed by atoms with Gasteiger partial charge in [0.25, 0.3) is 0 Å². The lowest BCUT2D eigenvalue weighted by Crippen LogP contribution is -2.12. The van der Waals surface area contributed by atoms with E-state index in [2.05, 4.69) is 0 Å². The van der Waals surface area contributed by atoms with Crippen molar-refractivity contribution in [1.29, 1.82) is 0 Å². The summed E-state index contributed by atoms with van der Waals surface area (Å²) in [5, 5.41) is 8.11. The molecule has 0 heterocycles. The van der Waals surface area contributed by atoms with E-state index in [0.29, 0.717) is 6.42 Å². The quantitative estimate of drug-likeness (QED) is 0.535. The van der Waals surface area contributed by atoms with E-state index in [-0.39, 0.29) is 0 Å². The molecule has 1 N–H and O–H groups in total. The highest BCUT2D eigenvalue weighted by molar-refractivity contribution is 5.86. The van der Waals surface area contributed by atoms with Crippen molar-refractivity contribution >= 4 is 12.3 Å². The normalized spacial score (nSPS) is 12.6. The van der Waals surface area contributed by atoms with Crippen molar-refractivity contribution < 1.29 is 14.7 Å². The summed E-state index contributed by atoms with van der Waals surface area (Å²) in [4.78, 5) is 19.6. The van der Waals surface area contributed by atoms with E-state index in [0.717, 1.165) is 0 Å². The van der Waals surface area contributed by atoms with Crippen LogP contribution in [0.15, 0.2) is 0 Å². The van der Waals surface area contributed by atoms with Gasteiger partial charge in [0.05, 0.1) is 0 Å². The van der Waals surface area contributed by atoms with Crippen molar-refractivity contribution in [2.45, 2.75) is 13.3 Å². The molecule has 0 fully saturated rings. The van der Waals surface area contributed by atoms with Crippen LogP contribution in [-0.4, -0.2) is 17.4 Å². The molecule has 0 aromatic carbocycles. The molecule has 3 nitrogen and oxygen atoms in total. The van der Waals surface area contributed by atoms with E-state index in [9.17, 15) is 9.59 Å². The van der Waals surface area contributed by atoms with Crippen LogP contribution in [-0.2, 0) is 9.59 Å². The fourth-order valence-corrected chi connectivity index (χ4v) is 0.308. The molecule has 0 unspecified atom stereocenters. The lowest BCUT2D eigenvalue weighted by atomic mass is 10.1. The molecule has 0 bridgehead atoms. The van der Waals surface area contributed by atoms with Crippen LogP contribution in [0.5, 0.6) is 0 Å². The van der Waals surface area contributed by atoms with Crippen molar-refractivity contribution in [1.82, 2.24) is 0 Å². The number of carboxylic acid groups (broad SMARTS) is 1. The maximum atomic E-state index is 9.90. The van der Waals surface area contributed by atoms with Crippen molar-refractivity contribution in [2.75, 3.05) is 0 Å². The van der Waals surface area contributed by atoms with E-state index >= 15 is 0 Å². The second-order valence-corrected chi connectivity index (χ2v) is 1.42. The Morgan fingerprint density at radius 1 is 1.88 bits per heavy atom. The van der Waals surface area contributed by atoms with E-state index in [1.54, 1.807) is 6.92 Å². The third kappa shape index (κ3) is 1.73. The standard InChI is InChI=1S/C5H7O3/c1-2-4(3-6)5(7)8/h4H,2H2,1H3,(H,7,8)/t4-/m0/s1. The lowest BCUT2D eigenvalue weighted by Gasteiger charge is -1.94. The van der Waals surface area contributed by atoms with Gasteiger partial charge in [-0.25, -0.2) is 0 Å². The molecule has 0 aliphatic carbocycles. The minimum atomic E-state index is -1.09. The molecule has 45 valence electrons. The highest BCUT2D eigenvalue weighted by Crippen LogP contribution is 1.95. The second kappa shape index (κ2) is 3.18. The summed E-state index contributed by atoms with van der Waals surface area (Å²) in [5.41, 5.74) is 0. The van der Waals surface area contributed by atoms with E-state index < -0.39 is 11.9 Å². The Hall–Kier alpha value is -0.860. The molecular formula is C5H7O3. The molecule has 0 saturated heterocycles. The van der Waals surface area contributed by atoms with Crippen LogP contribution in [0, 0.1) is 5.92 Å². The van der Waals surface area contributed by atoms with Crippen molar-refractivity contribution in [2.24, 2.45) is 5.92 Å². The second-order valence-electron chi connectivity index (χ2n) is 1.42. The first-order valence-corrected chi connectivity index (χ1v) is 2.32. The van der Waals surface area contributed by atoms with Gasteiger partial charge in [0.15, 0.2) is 0 Å². The number of hydrogen-bond donors (Lipinski definition) is 1. The van der Waals surface area contributed by atoms with Crippen molar-refractivity contribution in [3.8, 4) is 0 Å². The molecule has 0 aromatic rings. The Bertz CT molecular complexity index is 97.8. The van der Waals surface area contributed by atoms with Gasteiger partial charge in [0.1, 0.15) is 5.92 Å². The molecule has 0 saturated carbocycles. The fourth-order valence-electron chi connectivity index (χ4n) is 0.308. The van der Waals surface area contributed by atoms with Crippen LogP contribution in [0.25, 0.3) is 0 Å². The Balaban J connectivity index is 3.69. The maximum Gasteiger partial charge on any atom is 0.314 e. The number of hydrogen-bond acceptors (Lipinski definition) is 2. The van der Waals surface area contributed by atoms with Gasteiger partial charge in [-0.3, -0.25) is 9.59 Å². The zero-order valence-corrected chi connectivity index (χ0v) is 4.55. The van der Waals surface area contributed by atoms with Crippen LogP contribution in [0.3, 0.4) is 0 Å². The van der Waals surface area contributed by atoms with Gasteiger partial charge in [0, 0.05) is 0 Å². The topological polar surface area (TPSA) is 54.4 Å². The van der Waals surface area contributed by atoms with Gasteiger partial charge in [-0.2, -0.15) is 0 Å². The SMILES string of the molecule is CC[C@@H]([C]=O)C(=O)O. The molecule has 0 aliphatic rings. The summed E-state index contributed by atoms with van der Waals surface area (Å²) >= 11 is 0. The van der Waals surface area contributed by atoms with Gasteiger partial charge in [-0.05, 0) is 6.42 Å². The third-order valence-electron chi connectivity index (χ3n) is 0.849. The largest absolute Gasteiger partial charge is 0.481 e. The number of carbonyl (C=O) groups excluding carboxylic acids is 1. The van der Waals surface area contributed by atoms with Gasteiger partial charge in [-0.1, -0.05) is 6.92 Å². The predicted octanol–water partition coefficient (Wildman–Crippen LogP) is 0.207. The summed E-state index contributed by atoms with van der Waals surface area (Å²) in [7, 11) is 0. The average molecular weight is 115 g/mol. The van der Waals surface area contributed by atoms with Gasteiger partial charge < -0.3 is 5.11 Å². The molecular weight excluding hydrogens is 108 g/mol. The predicted molar refractivity (Wildman–Crippen MR) is 27.1 cm³/mol. The molecule has 0 amide bonds. The monoisotopic (exact) mass is 115 g/mol. The first kappa shape index (κ1) is 7.14. The Labute approximate surface area is 47.3 Å². The van der Waals surface area contributed by atoms with Gasteiger partial charge >= 0.3 is 5.97 Å². The van der Waals surface area contributed by atoms with Crippen molar-refractivity contribution in [3.63, 3.8) is 0 Å². The molecule has 0 rings (SSSR count). The number of rotatable bonds is 3. The summed E-state index contributed by atoms with van der Waals surface area (Å²) in [6, 6.07) is 0. The van der Waals surface area contributed by atoms with E-state index in [1.807, 2.05) is 0 Å². The molecule has 1 atom stereocenters. The average Bonchev–Trinajstić information content (AvgIpc) is 1.69. The van der Waals surface area contributed by atoms with E-state index in [1.165, 1.54) is 6.29 Å². The summed E-state index contributed by atoms with van der Waals surface area (Å²) in [5.74, 6) is -2.03. The molecule has 3 heteroatoms. The van der Waals surface area contributed by atoms with Crippen LogP contribution in [0.4, 0.5) is 0 Å². The zero-order valence-electron chi connectivity index (χ0n) is 4.55. The highest BCUT2D eigenvalue weighted by atomic mass is 16.4. The van der Waals surface area contributed by atoms with Gasteiger partial charge in [0.2, 0.25) is 6.29 Å². The first-order chi connectivity index (χ1) is 3.72. The number of carboxylic acids is 1. The molecule has 8 heavy (non-hydrogen) atoms. The Morgan fingerprint density at radius 2 is 2.38 bits per heavy atom. The maximum absolute atomic E-state index is 9.90. The molecule has 0 aromatic heterocycles. The smallest absolute Gasteiger partial charge is 0.314 e. The van der Waals surface area contributed by atoms with Crippen molar-refractivity contribution in [3.05, 3.63) is 0 Å². The molecule has 0 spiro atoms. The fraction of sp³-hybridized carbons (Fsp3) is 0.600. The minimum absolute atomic E-state index is 0.318. The highest BCUT2D eigenvalue weighted by Gasteiger charge is 2.13. The van der Waals surface area contributed by atoms with Gasteiger partial charge in [-0.15, -0.1) is 0 Å². The third-order valence-corrected chi connectivity index (χ3v) is 0.849. The summed E-state index contributed by atoms with van der Waals surface area (Å²) in [6.07, 6.45) is 1.72. The minimum Gasteiger partial charge on any atom is -0.481 e. The molecule has 1 radical (unpaired) electrons. The first-order valence-electron chi connectivity index (χ1n) is 2.32. The van der Waals surface area contributed by atoms with E-state index in [4.69, 9.17) is 5.11 Å². The Kier molecular flexibility index (Phi) is 2.84. The number of aliphatic carboxylic acids is 1. The lowest BCUT2D eigenvalue weighted by molar-refractivity contribution is -0.139. The van der Waals surface area contributed by atoms with Crippen LogP contribution in [0.2, 0.25) is 0 Å². The van der Waals surface area contributed by atoms with Crippen LogP contribution < -0.4 is 0 Å². The number of carbonyl (C=O) groups is 1. The Morgan fingerprint density at radius 3 is 2.38 bits per heavy atom. The zero-order chi connectivity index (χ0) is 6.57. The van der Waals surface area contributed by atoms with Crippen LogP contribution in [0.1, 0.15) is 13.3 Å². The summed E-state index contributed by atoms with van der Waals surface area (Å²) in [6.45, 7) is 1.63. The van der Waals surface area contributed by atoms with Crippen LogP contribution >= 0.6 is 0 Å². The molecule has 0 aliphatic heterocycles.